The largest absolute Gasteiger partial charge is 0.448 e. The molecule has 20 heavy (non-hydrogen) atoms. The van der Waals surface area contributed by atoms with Crippen molar-refractivity contribution in [2.24, 2.45) is 7.05 Å². The normalized spacial score (nSPS) is 11.9. The quantitative estimate of drug-likeness (QED) is 0.554. The molecular weight excluding hydrogens is 262 g/mol. The summed E-state index contributed by atoms with van der Waals surface area (Å²) >= 11 is 0. The summed E-state index contributed by atoms with van der Waals surface area (Å²) in [5, 5.41) is 2.67. The van der Waals surface area contributed by atoms with E-state index in [4.69, 9.17) is 15.2 Å². The number of ether oxygens (including phenoxy) is 2. The SMILES string of the molecule is COCCCNC(=O)C(C)OC(=O)c1cc(N)cn1C. The number of carbonyl (C=O) groups is 2. The molecule has 1 atom stereocenters. The first kappa shape index (κ1) is 16.0. The number of esters is 1. The monoisotopic (exact) mass is 283 g/mol. The summed E-state index contributed by atoms with van der Waals surface area (Å²) < 4.78 is 11.5. The third-order valence-electron chi connectivity index (χ3n) is 2.71. The molecule has 0 aliphatic carbocycles. The molecule has 0 saturated heterocycles. The number of anilines is 1. The molecule has 1 unspecified atom stereocenters. The van der Waals surface area contributed by atoms with Crippen molar-refractivity contribution in [2.75, 3.05) is 26.0 Å². The fourth-order valence-electron chi connectivity index (χ4n) is 1.64. The molecule has 112 valence electrons. The molecule has 0 saturated carbocycles. The van der Waals surface area contributed by atoms with Crippen LogP contribution in [-0.4, -0.2) is 42.8 Å². The van der Waals surface area contributed by atoms with Gasteiger partial charge in [-0.1, -0.05) is 0 Å². The summed E-state index contributed by atoms with van der Waals surface area (Å²) in [4.78, 5) is 23.6. The molecule has 1 amide bonds. The highest BCUT2D eigenvalue weighted by Crippen LogP contribution is 2.11. The molecule has 1 heterocycles. The van der Waals surface area contributed by atoms with E-state index < -0.39 is 12.1 Å². The predicted molar refractivity (Wildman–Crippen MR) is 74.2 cm³/mol. The molecule has 1 rings (SSSR count). The Morgan fingerprint density at radius 3 is 2.75 bits per heavy atom. The first-order chi connectivity index (χ1) is 9.45. The second-order valence-corrected chi connectivity index (χ2v) is 4.45. The van der Waals surface area contributed by atoms with Crippen LogP contribution in [0.4, 0.5) is 5.69 Å². The van der Waals surface area contributed by atoms with Crippen LogP contribution in [0.5, 0.6) is 0 Å². The number of nitrogens with zero attached hydrogens (tertiary/aromatic N) is 1. The lowest BCUT2D eigenvalue weighted by Crippen LogP contribution is -2.36. The van der Waals surface area contributed by atoms with Crippen molar-refractivity contribution in [3.05, 3.63) is 18.0 Å². The van der Waals surface area contributed by atoms with Crippen LogP contribution >= 0.6 is 0 Å². The highest BCUT2D eigenvalue weighted by Gasteiger charge is 2.20. The molecule has 0 radical (unpaired) electrons. The molecule has 0 bridgehead atoms. The highest BCUT2D eigenvalue weighted by atomic mass is 16.5. The van der Waals surface area contributed by atoms with Crippen molar-refractivity contribution in [3.63, 3.8) is 0 Å². The first-order valence-electron chi connectivity index (χ1n) is 6.35. The fraction of sp³-hybridized carbons (Fsp3) is 0.538. The van der Waals surface area contributed by atoms with Gasteiger partial charge in [0.1, 0.15) is 5.69 Å². The number of aromatic nitrogens is 1. The number of methoxy groups -OCH3 is 1. The fourth-order valence-corrected chi connectivity index (χ4v) is 1.64. The Labute approximate surface area is 118 Å². The summed E-state index contributed by atoms with van der Waals surface area (Å²) in [5.74, 6) is -0.916. The van der Waals surface area contributed by atoms with Crippen LogP contribution in [0.3, 0.4) is 0 Å². The first-order valence-corrected chi connectivity index (χ1v) is 6.35. The third-order valence-corrected chi connectivity index (χ3v) is 2.71. The molecular formula is C13H21N3O4. The van der Waals surface area contributed by atoms with Gasteiger partial charge in [-0.15, -0.1) is 0 Å². The summed E-state index contributed by atoms with van der Waals surface area (Å²) in [7, 11) is 3.28. The molecule has 0 aliphatic rings. The van der Waals surface area contributed by atoms with Crippen LogP contribution in [0, 0.1) is 0 Å². The van der Waals surface area contributed by atoms with E-state index in [1.807, 2.05) is 0 Å². The van der Waals surface area contributed by atoms with Gasteiger partial charge in [0.25, 0.3) is 5.91 Å². The maximum atomic E-state index is 11.9. The van der Waals surface area contributed by atoms with Crippen LogP contribution in [0.2, 0.25) is 0 Å². The van der Waals surface area contributed by atoms with Gasteiger partial charge in [-0.2, -0.15) is 0 Å². The number of amides is 1. The van der Waals surface area contributed by atoms with Gasteiger partial charge in [-0.25, -0.2) is 4.79 Å². The Morgan fingerprint density at radius 1 is 1.50 bits per heavy atom. The Kier molecular flexibility index (Phi) is 6.05. The van der Waals surface area contributed by atoms with Crippen LogP contribution in [0.1, 0.15) is 23.8 Å². The minimum atomic E-state index is -0.860. The van der Waals surface area contributed by atoms with E-state index in [0.717, 1.165) is 0 Å². The van der Waals surface area contributed by atoms with Crippen LogP contribution in [-0.2, 0) is 21.3 Å². The van der Waals surface area contributed by atoms with E-state index in [1.54, 1.807) is 24.9 Å². The predicted octanol–water partition coefficient (Wildman–Crippen LogP) is 0.305. The molecule has 3 N–H and O–H groups in total. The lowest BCUT2D eigenvalue weighted by atomic mass is 10.3. The summed E-state index contributed by atoms with van der Waals surface area (Å²) in [6.07, 6.45) is 1.45. The summed E-state index contributed by atoms with van der Waals surface area (Å²) in [5.41, 5.74) is 6.36. The molecule has 1 aromatic rings. The van der Waals surface area contributed by atoms with Gasteiger partial charge >= 0.3 is 5.97 Å². The zero-order valence-corrected chi connectivity index (χ0v) is 12.0. The van der Waals surface area contributed by atoms with E-state index in [0.29, 0.717) is 31.0 Å². The van der Waals surface area contributed by atoms with Crippen LogP contribution in [0.25, 0.3) is 0 Å². The Balaban J connectivity index is 2.45. The number of carbonyl (C=O) groups excluding carboxylic acids is 2. The number of nitrogens with two attached hydrogens (primary N) is 1. The second kappa shape index (κ2) is 7.54. The molecule has 7 nitrogen and oxygen atoms in total. The summed E-state index contributed by atoms with van der Waals surface area (Å²) in [6, 6.07) is 1.51. The number of rotatable bonds is 7. The lowest BCUT2D eigenvalue weighted by molar-refractivity contribution is -0.129. The summed E-state index contributed by atoms with van der Waals surface area (Å²) in [6.45, 7) is 2.57. The zero-order chi connectivity index (χ0) is 15.1. The number of aryl methyl sites for hydroxylation is 1. The van der Waals surface area contributed by atoms with Gasteiger partial charge in [0.05, 0.1) is 5.69 Å². The number of hydrogen-bond acceptors (Lipinski definition) is 5. The Hall–Kier alpha value is -2.02. The molecule has 0 spiro atoms. The van der Waals surface area contributed by atoms with Gasteiger partial charge in [-0.3, -0.25) is 4.79 Å². The molecule has 7 heteroatoms. The van der Waals surface area contributed by atoms with Crippen molar-refractivity contribution in [1.29, 1.82) is 0 Å². The van der Waals surface area contributed by atoms with Crippen molar-refractivity contribution in [1.82, 2.24) is 9.88 Å². The van der Waals surface area contributed by atoms with Gasteiger partial charge in [0, 0.05) is 33.5 Å². The van der Waals surface area contributed by atoms with Crippen LogP contribution in [0.15, 0.2) is 12.3 Å². The Morgan fingerprint density at radius 2 is 2.20 bits per heavy atom. The maximum Gasteiger partial charge on any atom is 0.355 e. The second-order valence-electron chi connectivity index (χ2n) is 4.45. The molecule has 0 fully saturated rings. The topological polar surface area (TPSA) is 95.6 Å². The highest BCUT2D eigenvalue weighted by molar-refractivity contribution is 5.91. The van der Waals surface area contributed by atoms with Gasteiger partial charge in [0.15, 0.2) is 6.10 Å². The van der Waals surface area contributed by atoms with Crippen LogP contribution < -0.4 is 11.1 Å². The zero-order valence-electron chi connectivity index (χ0n) is 12.0. The number of nitrogens with one attached hydrogen (secondary N) is 1. The minimum Gasteiger partial charge on any atom is -0.448 e. The van der Waals surface area contributed by atoms with Gasteiger partial charge < -0.3 is 25.1 Å². The average Bonchev–Trinajstić information content (AvgIpc) is 2.73. The van der Waals surface area contributed by atoms with E-state index in [1.165, 1.54) is 13.0 Å². The van der Waals surface area contributed by atoms with Crippen molar-refractivity contribution in [3.8, 4) is 0 Å². The van der Waals surface area contributed by atoms with Crippen molar-refractivity contribution >= 4 is 17.6 Å². The molecule has 0 aromatic carbocycles. The van der Waals surface area contributed by atoms with Crippen molar-refractivity contribution in [2.45, 2.75) is 19.4 Å². The average molecular weight is 283 g/mol. The van der Waals surface area contributed by atoms with Crippen molar-refractivity contribution < 1.29 is 19.1 Å². The maximum absolute atomic E-state index is 11.9. The minimum absolute atomic E-state index is 0.307. The third kappa shape index (κ3) is 4.58. The lowest BCUT2D eigenvalue weighted by Gasteiger charge is -2.13. The number of nitrogen functional groups attached to an aromatic ring is 1. The molecule has 0 aliphatic heterocycles. The van der Waals surface area contributed by atoms with E-state index in [2.05, 4.69) is 5.32 Å². The molecule has 1 aromatic heterocycles. The number of hydrogen-bond donors (Lipinski definition) is 2. The smallest absolute Gasteiger partial charge is 0.355 e. The van der Waals surface area contributed by atoms with Gasteiger partial charge in [0.2, 0.25) is 0 Å². The standard InChI is InChI=1S/C13H21N3O4/c1-9(12(17)15-5-4-6-19-3)20-13(18)11-7-10(14)8-16(11)2/h7-9H,4-6,14H2,1-3H3,(H,15,17). The van der Waals surface area contributed by atoms with E-state index >= 15 is 0 Å². The van der Waals surface area contributed by atoms with Gasteiger partial charge in [-0.05, 0) is 19.4 Å². The van der Waals surface area contributed by atoms with E-state index in [9.17, 15) is 9.59 Å². The van der Waals surface area contributed by atoms with E-state index in [-0.39, 0.29) is 5.91 Å². The Bertz CT molecular complexity index is 470.